The van der Waals surface area contributed by atoms with Crippen LogP contribution in [0.25, 0.3) is 22.2 Å². The van der Waals surface area contributed by atoms with Crippen molar-refractivity contribution < 1.29 is 14.3 Å². The van der Waals surface area contributed by atoms with Crippen molar-refractivity contribution in [3.8, 4) is 17.0 Å². The summed E-state index contributed by atoms with van der Waals surface area (Å²) in [5.74, 6) is 0.691. The van der Waals surface area contributed by atoms with Crippen LogP contribution in [-0.2, 0) is 4.74 Å². The lowest BCUT2D eigenvalue weighted by atomic mass is 10.0. The first kappa shape index (κ1) is 22.1. The van der Waals surface area contributed by atoms with Crippen molar-refractivity contribution in [3.05, 3.63) is 83.9 Å². The summed E-state index contributed by atoms with van der Waals surface area (Å²) < 4.78 is 11.4. The molecule has 1 saturated heterocycles. The van der Waals surface area contributed by atoms with Crippen molar-refractivity contribution in [1.29, 1.82) is 0 Å². The van der Waals surface area contributed by atoms with Gasteiger partial charge in [-0.25, -0.2) is 0 Å². The first-order valence-corrected chi connectivity index (χ1v) is 11.5. The number of fused-ring (bicyclic) bond motifs is 1. The molecule has 0 aliphatic carbocycles. The molecule has 1 unspecified atom stereocenters. The molecule has 4 aromatic rings. The van der Waals surface area contributed by atoms with Gasteiger partial charge in [-0.3, -0.25) is 9.89 Å². The Labute approximate surface area is 198 Å². The Morgan fingerprint density at radius 1 is 1.12 bits per heavy atom. The number of benzene rings is 3. The average molecular weight is 457 g/mol. The molecule has 3 aromatic carbocycles. The Balaban J connectivity index is 1.36. The molecule has 7 nitrogen and oxygen atoms in total. The van der Waals surface area contributed by atoms with Gasteiger partial charge in [0.05, 0.1) is 23.9 Å². The van der Waals surface area contributed by atoms with E-state index in [2.05, 4.69) is 20.8 Å². The average Bonchev–Trinajstić information content (AvgIpc) is 3.54. The highest BCUT2D eigenvalue weighted by Gasteiger charge is 2.18. The van der Waals surface area contributed by atoms with Crippen LogP contribution in [0, 0.1) is 0 Å². The molecule has 0 spiro atoms. The first-order chi connectivity index (χ1) is 16.7. The summed E-state index contributed by atoms with van der Waals surface area (Å²) in [6, 6.07) is 23.1. The van der Waals surface area contributed by atoms with Crippen molar-refractivity contribution in [2.24, 2.45) is 0 Å². The van der Waals surface area contributed by atoms with Crippen LogP contribution >= 0.6 is 0 Å². The highest BCUT2D eigenvalue weighted by Crippen LogP contribution is 2.29. The zero-order valence-electron chi connectivity index (χ0n) is 19.1. The number of carbonyl (C=O) groups excluding carboxylic acids is 1. The molecule has 3 N–H and O–H groups in total. The summed E-state index contributed by atoms with van der Waals surface area (Å²) in [5.41, 5.74) is 4.21. The molecule has 174 valence electrons. The van der Waals surface area contributed by atoms with Gasteiger partial charge in [-0.05, 0) is 61.0 Å². The van der Waals surface area contributed by atoms with Crippen molar-refractivity contribution in [3.63, 3.8) is 0 Å². The fourth-order valence-electron chi connectivity index (χ4n) is 4.30. The highest BCUT2D eigenvalue weighted by molar-refractivity contribution is 6.01. The van der Waals surface area contributed by atoms with E-state index in [-0.39, 0.29) is 18.1 Å². The molecule has 0 radical (unpaired) electrons. The van der Waals surface area contributed by atoms with Gasteiger partial charge in [0.25, 0.3) is 5.91 Å². The maximum absolute atomic E-state index is 13.1. The quantitative estimate of drug-likeness (QED) is 0.372. The minimum Gasteiger partial charge on any atom is -0.489 e. The zero-order chi connectivity index (χ0) is 23.3. The SMILES string of the molecule is COC[C@@H](NC(=O)c1ccc2[nH]nc(-c3ccc(OC4CCNC4)cc3)c2c1)c1ccccc1. The van der Waals surface area contributed by atoms with Crippen molar-refractivity contribution in [2.45, 2.75) is 18.6 Å². The van der Waals surface area contributed by atoms with Crippen LogP contribution in [0.1, 0.15) is 28.4 Å². The molecular formula is C27H28N4O3. The number of aromatic nitrogens is 2. The Morgan fingerprint density at radius 3 is 2.68 bits per heavy atom. The van der Waals surface area contributed by atoms with E-state index < -0.39 is 0 Å². The van der Waals surface area contributed by atoms with Crippen LogP contribution in [0.2, 0.25) is 0 Å². The molecule has 34 heavy (non-hydrogen) atoms. The van der Waals surface area contributed by atoms with Gasteiger partial charge in [-0.15, -0.1) is 0 Å². The highest BCUT2D eigenvalue weighted by atomic mass is 16.5. The smallest absolute Gasteiger partial charge is 0.251 e. The second-order valence-corrected chi connectivity index (χ2v) is 8.48. The van der Waals surface area contributed by atoms with Gasteiger partial charge in [0, 0.05) is 30.2 Å². The second-order valence-electron chi connectivity index (χ2n) is 8.48. The fourth-order valence-corrected chi connectivity index (χ4v) is 4.30. The van der Waals surface area contributed by atoms with Crippen molar-refractivity contribution >= 4 is 16.8 Å². The number of nitrogens with zero attached hydrogens (tertiary/aromatic N) is 1. The predicted molar refractivity (Wildman–Crippen MR) is 132 cm³/mol. The molecule has 0 saturated carbocycles. The molecule has 2 atom stereocenters. The number of nitrogens with one attached hydrogen (secondary N) is 3. The Bertz CT molecular complexity index is 1250. The minimum atomic E-state index is -0.235. The van der Waals surface area contributed by atoms with Crippen LogP contribution in [0.4, 0.5) is 0 Å². The Hall–Kier alpha value is -3.68. The van der Waals surface area contributed by atoms with E-state index in [1.54, 1.807) is 13.2 Å². The predicted octanol–water partition coefficient (Wildman–Crippen LogP) is 4.09. The molecule has 1 aromatic heterocycles. The molecule has 2 heterocycles. The lowest BCUT2D eigenvalue weighted by Crippen LogP contribution is -2.31. The summed E-state index contributed by atoms with van der Waals surface area (Å²) in [5, 5.41) is 14.9. The molecular weight excluding hydrogens is 428 g/mol. The number of methoxy groups -OCH3 is 1. The van der Waals surface area contributed by atoms with Gasteiger partial charge in [0.2, 0.25) is 0 Å². The fraction of sp³-hybridized carbons (Fsp3) is 0.259. The van der Waals surface area contributed by atoms with Gasteiger partial charge < -0.3 is 20.1 Å². The Kier molecular flexibility index (Phi) is 6.56. The molecule has 0 bridgehead atoms. The van der Waals surface area contributed by atoms with Crippen LogP contribution in [-0.4, -0.2) is 49.0 Å². The summed E-state index contributed by atoms with van der Waals surface area (Å²) in [7, 11) is 1.63. The topological polar surface area (TPSA) is 88.3 Å². The van der Waals surface area contributed by atoms with Crippen molar-refractivity contribution in [1.82, 2.24) is 20.8 Å². The number of carbonyl (C=O) groups is 1. The number of rotatable bonds is 8. The number of aromatic amines is 1. The standard InChI is InChI=1S/C27H28N4O3/c1-33-17-25(18-5-3-2-4-6-18)29-27(32)20-9-12-24-23(15-20)26(31-30-24)19-7-10-21(11-8-19)34-22-13-14-28-16-22/h2-12,15,22,25,28H,13-14,16-17H2,1H3,(H,29,32)(H,30,31)/t22?,25-/m1/s1. The lowest BCUT2D eigenvalue weighted by Gasteiger charge is -2.18. The third-order valence-electron chi connectivity index (χ3n) is 6.11. The van der Waals surface area contributed by atoms with E-state index in [1.807, 2.05) is 66.7 Å². The summed E-state index contributed by atoms with van der Waals surface area (Å²) in [6.45, 7) is 2.27. The maximum Gasteiger partial charge on any atom is 0.251 e. The lowest BCUT2D eigenvalue weighted by molar-refractivity contribution is 0.0896. The first-order valence-electron chi connectivity index (χ1n) is 11.5. The van der Waals surface area contributed by atoms with Crippen LogP contribution in [0.5, 0.6) is 5.75 Å². The van der Waals surface area contributed by atoms with E-state index in [9.17, 15) is 4.79 Å². The van der Waals surface area contributed by atoms with E-state index >= 15 is 0 Å². The van der Waals surface area contributed by atoms with Gasteiger partial charge in [0.15, 0.2) is 0 Å². The summed E-state index contributed by atoms with van der Waals surface area (Å²) >= 11 is 0. The maximum atomic E-state index is 13.1. The second kappa shape index (κ2) is 10.1. The number of amides is 1. The summed E-state index contributed by atoms with van der Waals surface area (Å²) in [4.78, 5) is 13.1. The van der Waals surface area contributed by atoms with Gasteiger partial charge in [0.1, 0.15) is 11.9 Å². The number of hydrogen-bond donors (Lipinski definition) is 3. The third-order valence-corrected chi connectivity index (χ3v) is 6.11. The molecule has 1 aliphatic heterocycles. The van der Waals surface area contributed by atoms with E-state index in [1.165, 1.54) is 0 Å². The molecule has 5 rings (SSSR count). The number of hydrogen-bond acceptors (Lipinski definition) is 5. The largest absolute Gasteiger partial charge is 0.489 e. The van der Waals surface area contributed by atoms with E-state index in [0.29, 0.717) is 12.2 Å². The third kappa shape index (κ3) is 4.81. The molecule has 1 amide bonds. The zero-order valence-corrected chi connectivity index (χ0v) is 19.1. The number of ether oxygens (including phenoxy) is 2. The van der Waals surface area contributed by atoms with Crippen LogP contribution in [0.3, 0.4) is 0 Å². The normalized spacial score (nSPS) is 16.4. The summed E-state index contributed by atoms with van der Waals surface area (Å²) in [6.07, 6.45) is 1.24. The van der Waals surface area contributed by atoms with Crippen molar-refractivity contribution in [2.75, 3.05) is 26.8 Å². The van der Waals surface area contributed by atoms with Crippen LogP contribution < -0.4 is 15.4 Å². The Morgan fingerprint density at radius 2 is 1.94 bits per heavy atom. The van der Waals surface area contributed by atoms with Gasteiger partial charge in [-0.2, -0.15) is 5.10 Å². The van der Waals surface area contributed by atoms with Gasteiger partial charge >= 0.3 is 0 Å². The van der Waals surface area contributed by atoms with Crippen LogP contribution in [0.15, 0.2) is 72.8 Å². The molecule has 1 aliphatic rings. The van der Waals surface area contributed by atoms with E-state index in [0.717, 1.165) is 53.0 Å². The van der Waals surface area contributed by atoms with Gasteiger partial charge in [-0.1, -0.05) is 30.3 Å². The minimum absolute atomic E-state index is 0.158. The number of H-pyrrole nitrogens is 1. The monoisotopic (exact) mass is 456 g/mol. The van der Waals surface area contributed by atoms with E-state index in [4.69, 9.17) is 9.47 Å². The molecule has 7 heteroatoms. The molecule has 1 fully saturated rings.